The van der Waals surface area contributed by atoms with Crippen LogP contribution in [0.3, 0.4) is 0 Å². The first-order valence-electron chi connectivity index (χ1n) is 14.1. The molecule has 0 saturated carbocycles. The predicted octanol–water partition coefficient (Wildman–Crippen LogP) is 9.98. The van der Waals surface area contributed by atoms with Crippen molar-refractivity contribution in [2.75, 3.05) is 5.73 Å². The van der Waals surface area contributed by atoms with Crippen LogP contribution < -0.4 is 5.73 Å². The van der Waals surface area contributed by atoms with Crippen molar-refractivity contribution < 1.29 is 0 Å². The number of aryl methyl sites for hydroxylation is 1. The van der Waals surface area contributed by atoms with E-state index in [1.165, 1.54) is 140 Å². The number of nitrogen functional groups attached to an aromatic ring is 1. The second kappa shape index (κ2) is 19.7. The van der Waals surface area contributed by atoms with E-state index in [4.69, 9.17) is 5.73 Å². The fourth-order valence-corrected chi connectivity index (χ4v) is 4.84. The standard InChI is InChI=1S/C30H55N/c1-4-7-10-12-14-16-18-20-23-28-27(22-9-6-3)25-26-30(31)29(28)24-21-19-17-15-13-11-8-5-2/h25-26H,4-24,31H2,1-3H3. The van der Waals surface area contributed by atoms with E-state index >= 15 is 0 Å². The van der Waals surface area contributed by atoms with Crippen molar-refractivity contribution in [1.29, 1.82) is 0 Å². The van der Waals surface area contributed by atoms with Crippen LogP contribution in [-0.4, -0.2) is 0 Å². The van der Waals surface area contributed by atoms with Crippen LogP contribution in [0.4, 0.5) is 5.69 Å². The summed E-state index contributed by atoms with van der Waals surface area (Å²) in [6, 6.07) is 4.53. The van der Waals surface area contributed by atoms with Crippen LogP contribution in [0.15, 0.2) is 12.1 Å². The molecule has 0 aliphatic carbocycles. The predicted molar refractivity (Wildman–Crippen MR) is 142 cm³/mol. The summed E-state index contributed by atoms with van der Waals surface area (Å²) in [7, 11) is 0. The number of hydrogen-bond donors (Lipinski definition) is 1. The van der Waals surface area contributed by atoms with Crippen molar-refractivity contribution in [3.8, 4) is 0 Å². The molecule has 1 aromatic rings. The van der Waals surface area contributed by atoms with Crippen molar-refractivity contribution in [3.63, 3.8) is 0 Å². The summed E-state index contributed by atoms with van der Waals surface area (Å²) in [4.78, 5) is 0. The van der Waals surface area contributed by atoms with Gasteiger partial charge in [0.05, 0.1) is 0 Å². The van der Waals surface area contributed by atoms with Gasteiger partial charge in [-0.1, -0.05) is 123 Å². The van der Waals surface area contributed by atoms with Crippen molar-refractivity contribution in [3.05, 3.63) is 28.8 Å². The molecule has 0 atom stereocenters. The van der Waals surface area contributed by atoms with Gasteiger partial charge < -0.3 is 5.73 Å². The molecule has 1 rings (SSSR count). The van der Waals surface area contributed by atoms with Gasteiger partial charge in [0, 0.05) is 5.69 Å². The van der Waals surface area contributed by atoms with Crippen LogP contribution in [0.25, 0.3) is 0 Å². The van der Waals surface area contributed by atoms with E-state index in [1.807, 2.05) is 0 Å². The fraction of sp³-hybridized carbons (Fsp3) is 0.800. The van der Waals surface area contributed by atoms with E-state index in [0.717, 1.165) is 5.69 Å². The Kier molecular flexibility index (Phi) is 17.8. The van der Waals surface area contributed by atoms with Crippen LogP contribution in [0.1, 0.15) is 153 Å². The normalized spacial score (nSPS) is 11.3. The van der Waals surface area contributed by atoms with Crippen LogP contribution in [0.5, 0.6) is 0 Å². The van der Waals surface area contributed by atoms with E-state index in [-0.39, 0.29) is 0 Å². The lowest BCUT2D eigenvalue weighted by molar-refractivity contribution is 0.570. The highest BCUT2D eigenvalue weighted by Gasteiger charge is 2.12. The molecule has 0 heterocycles. The zero-order valence-corrected chi connectivity index (χ0v) is 21.6. The Labute approximate surface area is 196 Å². The van der Waals surface area contributed by atoms with Gasteiger partial charge in [0.2, 0.25) is 0 Å². The molecular formula is C30H55N. The molecule has 31 heavy (non-hydrogen) atoms. The quantitative estimate of drug-likeness (QED) is 0.153. The maximum Gasteiger partial charge on any atom is 0.0349 e. The fourth-order valence-electron chi connectivity index (χ4n) is 4.84. The second-order valence-corrected chi connectivity index (χ2v) is 9.82. The molecule has 0 saturated heterocycles. The van der Waals surface area contributed by atoms with Crippen LogP contribution in [0, 0.1) is 0 Å². The SMILES string of the molecule is CCCCCCCCCCc1c(N)ccc(CCCC)c1CCCCCCCCCC. The van der Waals surface area contributed by atoms with Gasteiger partial charge in [-0.05, 0) is 61.3 Å². The highest BCUT2D eigenvalue weighted by Crippen LogP contribution is 2.27. The summed E-state index contributed by atoms with van der Waals surface area (Å²) in [6.45, 7) is 6.90. The van der Waals surface area contributed by atoms with Crippen LogP contribution in [0.2, 0.25) is 0 Å². The maximum absolute atomic E-state index is 6.51. The molecule has 0 amide bonds. The van der Waals surface area contributed by atoms with Gasteiger partial charge in [0.1, 0.15) is 0 Å². The minimum Gasteiger partial charge on any atom is -0.398 e. The lowest BCUT2D eigenvalue weighted by atomic mass is 9.89. The van der Waals surface area contributed by atoms with E-state index in [0.29, 0.717) is 0 Å². The Hall–Kier alpha value is -0.980. The van der Waals surface area contributed by atoms with Gasteiger partial charge in [-0.2, -0.15) is 0 Å². The summed E-state index contributed by atoms with van der Waals surface area (Å²) in [6.07, 6.45) is 28.5. The third-order valence-electron chi connectivity index (χ3n) is 6.92. The Morgan fingerprint density at radius 1 is 0.452 bits per heavy atom. The minimum absolute atomic E-state index is 1.05. The number of unbranched alkanes of at least 4 members (excludes halogenated alkanes) is 15. The summed E-state index contributed by atoms with van der Waals surface area (Å²) < 4.78 is 0. The number of anilines is 1. The monoisotopic (exact) mass is 429 g/mol. The molecule has 0 radical (unpaired) electrons. The van der Waals surface area contributed by atoms with Crippen molar-refractivity contribution >= 4 is 5.69 Å². The van der Waals surface area contributed by atoms with Crippen molar-refractivity contribution in [2.45, 2.75) is 156 Å². The minimum atomic E-state index is 1.05. The first kappa shape index (κ1) is 28.1. The van der Waals surface area contributed by atoms with Gasteiger partial charge in [0.15, 0.2) is 0 Å². The lowest BCUT2D eigenvalue weighted by Gasteiger charge is -2.18. The first-order valence-corrected chi connectivity index (χ1v) is 14.1. The van der Waals surface area contributed by atoms with Crippen molar-refractivity contribution in [2.24, 2.45) is 0 Å². The smallest absolute Gasteiger partial charge is 0.0349 e. The summed E-state index contributed by atoms with van der Waals surface area (Å²) in [5.41, 5.74) is 12.3. The molecule has 1 nitrogen and oxygen atoms in total. The Balaban J connectivity index is 2.52. The second-order valence-electron chi connectivity index (χ2n) is 9.82. The molecule has 180 valence electrons. The molecule has 1 aromatic carbocycles. The van der Waals surface area contributed by atoms with Crippen LogP contribution >= 0.6 is 0 Å². The Morgan fingerprint density at radius 3 is 1.35 bits per heavy atom. The van der Waals surface area contributed by atoms with Gasteiger partial charge in [-0.15, -0.1) is 0 Å². The van der Waals surface area contributed by atoms with Gasteiger partial charge >= 0.3 is 0 Å². The average molecular weight is 430 g/mol. The average Bonchev–Trinajstić information content (AvgIpc) is 2.78. The molecule has 0 fully saturated rings. The summed E-state index contributed by atoms with van der Waals surface area (Å²) >= 11 is 0. The molecule has 0 spiro atoms. The summed E-state index contributed by atoms with van der Waals surface area (Å²) in [5, 5.41) is 0. The van der Waals surface area contributed by atoms with Crippen LogP contribution in [-0.2, 0) is 19.3 Å². The third kappa shape index (κ3) is 13.2. The van der Waals surface area contributed by atoms with E-state index in [9.17, 15) is 0 Å². The number of nitrogens with two attached hydrogens (primary N) is 1. The van der Waals surface area contributed by atoms with E-state index in [1.54, 1.807) is 11.1 Å². The van der Waals surface area contributed by atoms with E-state index < -0.39 is 0 Å². The third-order valence-corrected chi connectivity index (χ3v) is 6.92. The number of benzene rings is 1. The molecule has 0 bridgehead atoms. The van der Waals surface area contributed by atoms with Gasteiger partial charge in [-0.3, -0.25) is 0 Å². The maximum atomic E-state index is 6.51. The molecule has 2 N–H and O–H groups in total. The Bertz CT molecular complexity index is 533. The van der Waals surface area contributed by atoms with Crippen molar-refractivity contribution in [1.82, 2.24) is 0 Å². The number of rotatable bonds is 21. The molecule has 0 aromatic heterocycles. The first-order chi connectivity index (χ1) is 15.2. The topological polar surface area (TPSA) is 26.0 Å². The Morgan fingerprint density at radius 2 is 0.871 bits per heavy atom. The highest BCUT2D eigenvalue weighted by atomic mass is 14.6. The molecule has 0 aliphatic heterocycles. The zero-order chi connectivity index (χ0) is 22.6. The molecule has 1 heteroatoms. The lowest BCUT2D eigenvalue weighted by Crippen LogP contribution is -2.06. The molecule has 0 aliphatic rings. The van der Waals surface area contributed by atoms with Gasteiger partial charge in [0.25, 0.3) is 0 Å². The van der Waals surface area contributed by atoms with E-state index in [2.05, 4.69) is 32.9 Å². The number of hydrogen-bond acceptors (Lipinski definition) is 1. The molecular weight excluding hydrogens is 374 g/mol. The molecule has 0 unspecified atom stereocenters. The largest absolute Gasteiger partial charge is 0.398 e. The zero-order valence-electron chi connectivity index (χ0n) is 21.6. The van der Waals surface area contributed by atoms with Gasteiger partial charge in [-0.25, -0.2) is 0 Å². The highest BCUT2D eigenvalue weighted by molar-refractivity contribution is 5.54. The summed E-state index contributed by atoms with van der Waals surface area (Å²) in [5.74, 6) is 0.